The number of benzene rings is 1. The number of amides is 5. The molecule has 0 bridgehead atoms. The van der Waals surface area contributed by atoms with Crippen molar-refractivity contribution >= 4 is 35.7 Å². The van der Waals surface area contributed by atoms with E-state index in [1.54, 1.807) is 45.0 Å². The molecule has 0 spiro atoms. The quantitative estimate of drug-likeness (QED) is 0.0542. The number of unbranched alkanes of at least 4 members (excludes halogenated alkanes) is 1. The maximum Gasteiger partial charge on any atom is 0.408 e. The van der Waals surface area contributed by atoms with E-state index in [-0.39, 0.29) is 64.2 Å². The number of nitrogens with one attached hydrogen (secondary N) is 3. The van der Waals surface area contributed by atoms with Gasteiger partial charge in [-0.05, 0) is 52.2 Å². The molecule has 2 rings (SSSR count). The number of alkyl carbamates (subject to hydrolysis) is 1. The standard InChI is InChI=1S/C41H66N4O17/c1-41(2,3)62-40(52)44-34(37(49)43-14-17-55-20-23-58-26-24-57-22-19-54-16-12-36(47)48)10-6-7-13-42-35(46)11-15-53-18-21-56-25-27-59-28-29-60-30-31-61-45-38(50)32-8-4-5-9-33(32)39(45)51/h4-5,8-9,34H,6-7,10-31H2,1-3H3,(H,42,46)(H,43,49)(H,44,52)(H,47,48)/t34-/m0/s1. The fraction of sp³-hybridized carbons (Fsp3) is 0.707. The molecule has 0 fully saturated rings. The fourth-order valence-electron chi connectivity index (χ4n) is 5.20. The highest BCUT2D eigenvalue weighted by Gasteiger charge is 2.36. The van der Waals surface area contributed by atoms with Gasteiger partial charge in [0, 0.05) is 19.5 Å². The summed E-state index contributed by atoms with van der Waals surface area (Å²) in [7, 11) is 0. The van der Waals surface area contributed by atoms with Crippen LogP contribution in [0.5, 0.6) is 0 Å². The highest BCUT2D eigenvalue weighted by molar-refractivity contribution is 6.20. The summed E-state index contributed by atoms with van der Waals surface area (Å²) in [5.41, 5.74) is -0.110. The van der Waals surface area contributed by atoms with Crippen LogP contribution >= 0.6 is 0 Å². The number of hydrogen-bond donors (Lipinski definition) is 4. The zero-order chi connectivity index (χ0) is 45.3. The number of imide groups is 1. The number of carbonyl (C=O) groups is 6. The maximum atomic E-state index is 12.9. The van der Waals surface area contributed by atoms with Crippen molar-refractivity contribution in [2.24, 2.45) is 0 Å². The van der Waals surface area contributed by atoms with Gasteiger partial charge in [0.25, 0.3) is 11.8 Å². The zero-order valence-corrected chi connectivity index (χ0v) is 36.3. The smallest absolute Gasteiger partial charge is 0.408 e. The second kappa shape index (κ2) is 33.3. The van der Waals surface area contributed by atoms with Crippen molar-refractivity contribution in [1.82, 2.24) is 21.0 Å². The number of carboxylic acids is 1. The van der Waals surface area contributed by atoms with Gasteiger partial charge in [0.05, 0.1) is 130 Å². The lowest BCUT2D eigenvalue weighted by atomic mass is 10.1. The van der Waals surface area contributed by atoms with E-state index in [1.165, 1.54) is 0 Å². The van der Waals surface area contributed by atoms with E-state index in [0.29, 0.717) is 116 Å². The van der Waals surface area contributed by atoms with E-state index in [0.717, 1.165) is 5.06 Å². The SMILES string of the molecule is CC(C)(C)OC(=O)N[C@@H](CCCCNC(=O)CCOCCOCCOCCOCCON1C(=O)c2ccccc2C1=O)C(=O)NCCOCCOCCOCCOCCC(=O)O. The van der Waals surface area contributed by atoms with Gasteiger partial charge in [-0.1, -0.05) is 12.1 Å². The summed E-state index contributed by atoms with van der Waals surface area (Å²) in [4.78, 5) is 77.8. The van der Waals surface area contributed by atoms with Gasteiger partial charge in [-0.15, -0.1) is 5.06 Å². The number of nitrogens with zero attached hydrogens (tertiary/aromatic N) is 1. The monoisotopic (exact) mass is 886 g/mol. The zero-order valence-electron chi connectivity index (χ0n) is 36.3. The summed E-state index contributed by atoms with van der Waals surface area (Å²) in [6.07, 6.45) is 0.871. The molecule has 5 amide bonds. The molecule has 0 saturated carbocycles. The Kier molecular flexibility index (Phi) is 28.9. The molecule has 21 heteroatoms. The van der Waals surface area contributed by atoms with Gasteiger partial charge in [0.1, 0.15) is 11.6 Å². The second-order valence-corrected chi connectivity index (χ2v) is 14.4. The Labute approximate surface area is 362 Å². The van der Waals surface area contributed by atoms with Crippen molar-refractivity contribution in [2.75, 3.05) is 125 Å². The van der Waals surface area contributed by atoms with Crippen LogP contribution in [0.25, 0.3) is 0 Å². The third-order valence-electron chi connectivity index (χ3n) is 8.17. The predicted molar refractivity (Wildman–Crippen MR) is 219 cm³/mol. The summed E-state index contributed by atoms with van der Waals surface area (Å²) in [5.74, 6) is -2.45. The van der Waals surface area contributed by atoms with Crippen LogP contribution in [0.3, 0.4) is 0 Å². The molecule has 4 N–H and O–H groups in total. The summed E-state index contributed by atoms with van der Waals surface area (Å²) in [6.45, 7) is 10.6. The minimum atomic E-state index is -0.912. The molecule has 1 aliphatic heterocycles. The lowest BCUT2D eigenvalue weighted by Gasteiger charge is -2.23. The van der Waals surface area contributed by atoms with Crippen LogP contribution in [0, 0.1) is 0 Å². The Morgan fingerprint density at radius 3 is 1.53 bits per heavy atom. The van der Waals surface area contributed by atoms with Gasteiger partial charge in [-0.2, -0.15) is 0 Å². The summed E-state index contributed by atoms with van der Waals surface area (Å²) >= 11 is 0. The van der Waals surface area contributed by atoms with Crippen LogP contribution in [-0.2, 0) is 61.9 Å². The topological polar surface area (TPSA) is 254 Å². The van der Waals surface area contributed by atoms with Crippen LogP contribution < -0.4 is 16.0 Å². The van der Waals surface area contributed by atoms with Gasteiger partial charge >= 0.3 is 12.1 Å². The highest BCUT2D eigenvalue weighted by atomic mass is 16.7. The number of carbonyl (C=O) groups excluding carboxylic acids is 5. The van der Waals surface area contributed by atoms with Crippen LogP contribution in [0.2, 0.25) is 0 Å². The molecule has 1 aromatic carbocycles. The van der Waals surface area contributed by atoms with E-state index in [1.807, 2.05) is 0 Å². The van der Waals surface area contributed by atoms with Gasteiger partial charge in [-0.3, -0.25) is 28.8 Å². The van der Waals surface area contributed by atoms with Gasteiger partial charge in [0.2, 0.25) is 11.8 Å². The number of hydroxylamine groups is 2. The first-order valence-corrected chi connectivity index (χ1v) is 20.9. The Balaban J connectivity index is 1.42. The first kappa shape index (κ1) is 53.8. The minimum absolute atomic E-state index is 0.0345. The third-order valence-corrected chi connectivity index (χ3v) is 8.17. The minimum Gasteiger partial charge on any atom is -0.481 e. The second-order valence-electron chi connectivity index (χ2n) is 14.4. The first-order chi connectivity index (χ1) is 29.9. The molecule has 62 heavy (non-hydrogen) atoms. The number of hydrogen-bond acceptors (Lipinski definition) is 16. The van der Waals surface area contributed by atoms with Crippen LogP contribution in [0.15, 0.2) is 24.3 Å². The van der Waals surface area contributed by atoms with E-state index < -0.39 is 35.5 Å². The number of ether oxygens (including phenoxy) is 9. The molecule has 0 radical (unpaired) electrons. The molecule has 352 valence electrons. The summed E-state index contributed by atoms with van der Waals surface area (Å²) < 4.78 is 48.5. The van der Waals surface area contributed by atoms with Gasteiger partial charge in [-0.25, -0.2) is 4.79 Å². The number of aliphatic carboxylic acids is 1. The maximum absolute atomic E-state index is 12.9. The molecule has 1 aromatic rings. The number of rotatable bonds is 38. The van der Waals surface area contributed by atoms with Crippen molar-refractivity contribution in [3.8, 4) is 0 Å². The molecule has 0 aliphatic carbocycles. The van der Waals surface area contributed by atoms with Crippen LogP contribution in [0.4, 0.5) is 4.79 Å². The van der Waals surface area contributed by atoms with Crippen molar-refractivity contribution in [3.63, 3.8) is 0 Å². The lowest BCUT2D eigenvalue weighted by molar-refractivity contribution is -0.138. The molecular weight excluding hydrogens is 820 g/mol. The van der Waals surface area contributed by atoms with E-state index in [9.17, 15) is 28.8 Å². The molecule has 1 atom stereocenters. The number of carboxylic acid groups (broad SMARTS) is 1. The van der Waals surface area contributed by atoms with Crippen molar-refractivity contribution in [1.29, 1.82) is 0 Å². The molecule has 1 aliphatic rings. The average Bonchev–Trinajstić information content (AvgIpc) is 3.46. The Hall–Kier alpha value is -4.32. The summed E-state index contributed by atoms with van der Waals surface area (Å²) in [5, 5.41) is 17.5. The molecule has 0 saturated heterocycles. The normalized spacial score (nSPS) is 12.9. The van der Waals surface area contributed by atoms with Crippen molar-refractivity contribution in [3.05, 3.63) is 35.4 Å². The Morgan fingerprint density at radius 2 is 1.05 bits per heavy atom. The molecule has 1 heterocycles. The largest absolute Gasteiger partial charge is 0.481 e. The third kappa shape index (κ3) is 26.2. The van der Waals surface area contributed by atoms with E-state index in [4.69, 9.17) is 52.6 Å². The number of fused-ring (bicyclic) bond motifs is 1. The van der Waals surface area contributed by atoms with E-state index >= 15 is 0 Å². The van der Waals surface area contributed by atoms with Gasteiger partial charge in [0.15, 0.2) is 0 Å². The summed E-state index contributed by atoms with van der Waals surface area (Å²) in [6, 6.07) is 5.69. The predicted octanol–water partition coefficient (Wildman–Crippen LogP) is 1.51. The average molecular weight is 887 g/mol. The van der Waals surface area contributed by atoms with Crippen LogP contribution in [-0.4, -0.2) is 183 Å². The lowest BCUT2D eigenvalue weighted by Crippen LogP contribution is -2.48. The van der Waals surface area contributed by atoms with Crippen LogP contribution in [0.1, 0.15) is 73.6 Å². The fourth-order valence-corrected chi connectivity index (χ4v) is 5.20. The highest BCUT2D eigenvalue weighted by Crippen LogP contribution is 2.22. The van der Waals surface area contributed by atoms with Crippen molar-refractivity contribution in [2.45, 2.75) is 64.5 Å². The van der Waals surface area contributed by atoms with E-state index in [2.05, 4.69) is 16.0 Å². The Bertz CT molecular complexity index is 1430. The molecule has 21 nitrogen and oxygen atoms in total. The molecule has 0 aromatic heterocycles. The van der Waals surface area contributed by atoms with Crippen molar-refractivity contribution < 1.29 is 81.3 Å². The Morgan fingerprint density at radius 1 is 0.597 bits per heavy atom. The molecular formula is C41H66N4O17. The van der Waals surface area contributed by atoms with Gasteiger partial charge < -0.3 is 63.7 Å². The first-order valence-electron chi connectivity index (χ1n) is 20.9. The molecule has 0 unspecified atom stereocenters.